The lowest BCUT2D eigenvalue weighted by Crippen LogP contribution is -2.24. The van der Waals surface area contributed by atoms with Crippen LogP contribution in [-0.2, 0) is 12.8 Å². The van der Waals surface area contributed by atoms with E-state index in [1.165, 1.54) is 11.6 Å². The molecule has 1 N–H and O–H groups in total. The Kier molecular flexibility index (Phi) is 6.22. The molecule has 0 saturated carbocycles. The van der Waals surface area contributed by atoms with E-state index in [0.29, 0.717) is 5.92 Å². The van der Waals surface area contributed by atoms with Crippen LogP contribution < -0.4 is 5.32 Å². The van der Waals surface area contributed by atoms with Crippen LogP contribution in [0.25, 0.3) is 0 Å². The highest BCUT2D eigenvalue weighted by Gasteiger charge is 2.10. The average Bonchev–Trinajstić information content (AvgIpc) is 2.95. The first kappa shape index (κ1) is 15.2. The molecule has 1 atom stereocenters. The lowest BCUT2D eigenvalue weighted by atomic mass is 9.93. The van der Waals surface area contributed by atoms with Gasteiger partial charge in [0.15, 0.2) is 0 Å². The van der Waals surface area contributed by atoms with Crippen molar-refractivity contribution < 1.29 is 4.39 Å². The van der Waals surface area contributed by atoms with Crippen LogP contribution in [0, 0.1) is 11.7 Å². The van der Waals surface area contributed by atoms with E-state index in [4.69, 9.17) is 0 Å². The zero-order valence-corrected chi connectivity index (χ0v) is 12.8. The number of nitrogens with one attached hydrogen (secondary N) is 1. The number of aryl methyl sites for hydroxylation is 1. The lowest BCUT2D eigenvalue weighted by molar-refractivity contribution is 0.448. The maximum Gasteiger partial charge on any atom is 0.123 e. The molecule has 20 heavy (non-hydrogen) atoms. The van der Waals surface area contributed by atoms with E-state index in [1.807, 2.05) is 6.07 Å². The number of halogens is 1. The quantitative estimate of drug-likeness (QED) is 0.765. The summed E-state index contributed by atoms with van der Waals surface area (Å²) in [7, 11) is 0. The third-order valence-electron chi connectivity index (χ3n) is 3.52. The van der Waals surface area contributed by atoms with Crippen molar-refractivity contribution in [1.82, 2.24) is 5.32 Å². The van der Waals surface area contributed by atoms with E-state index in [-0.39, 0.29) is 5.82 Å². The summed E-state index contributed by atoms with van der Waals surface area (Å²) in [5, 5.41) is 7.76. The molecule has 0 radical (unpaired) electrons. The molecular formula is C17H22FNS. The minimum atomic E-state index is -0.137. The van der Waals surface area contributed by atoms with Crippen LogP contribution in [0.4, 0.5) is 4.39 Å². The van der Waals surface area contributed by atoms with Gasteiger partial charge in [0.05, 0.1) is 0 Å². The molecule has 0 aliphatic carbocycles. The smallest absolute Gasteiger partial charge is 0.123 e. The monoisotopic (exact) mass is 291 g/mol. The van der Waals surface area contributed by atoms with Crippen molar-refractivity contribution in [1.29, 1.82) is 0 Å². The van der Waals surface area contributed by atoms with Gasteiger partial charge in [0.1, 0.15) is 5.82 Å². The zero-order chi connectivity index (χ0) is 14.2. The Morgan fingerprint density at radius 1 is 1.25 bits per heavy atom. The second-order valence-electron chi connectivity index (χ2n) is 5.18. The van der Waals surface area contributed by atoms with Crippen molar-refractivity contribution in [2.24, 2.45) is 5.92 Å². The number of thiophene rings is 1. The van der Waals surface area contributed by atoms with Gasteiger partial charge in [-0.05, 0) is 78.4 Å². The highest BCUT2D eigenvalue weighted by atomic mass is 32.1. The van der Waals surface area contributed by atoms with Crippen LogP contribution >= 0.6 is 11.3 Å². The van der Waals surface area contributed by atoms with Gasteiger partial charge in [-0.2, -0.15) is 11.3 Å². The second-order valence-corrected chi connectivity index (χ2v) is 5.96. The molecule has 1 unspecified atom stereocenters. The third kappa shape index (κ3) is 5.06. The van der Waals surface area contributed by atoms with Crippen molar-refractivity contribution in [3.8, 4) is 0 Å². The summed E-state index contributed by atoms with van der Waals surface area (Å²) >= 11 is 1.75. The number of benzene rings is 1. The Morgan fingerprint density at radius 3 is 2.85 bits per heavy atom. The van der Waals surface area contributed by atoms with E-state index in [1.54, 1.807) is 23.5 Å². The summed E-state index contributed by atoms with van der Waals surface area (Å²) in [6.07, 6.45) is 3.18. The first-order valence-electron chi connectivity index (χ1n) is 7.24. The van der Waals surface area contributed by atoms with Gasteiger partial charge >= 0.3 is 0 Å². The highest BCUT2D eigenvalue weighted by Crippen LogP contribution is 2.17. The average molecular weight is 291 g/mol. The molecule has 0 bridgehead atoms. The summed E-state index contributed by atoms with van der Waals surface area (Å²) < 4.78 is 13.3. The summed E-state index contributed by atoms with van der Waals surface area (Å²) in [5.41, 5.74) is 2.51. The minimum absolute atomic E-state index is 0.137. The molecule has 1 aromatic carbocycles. The van der Waals surface area contributed by atoms with Crippen LogP contribution in [0.1, 0.15) is 24.5 Å². The maximum absolute atomic E-state index is 13.3. The molecule has 2 rings (SSSR count). The predicted molar refractivity (Wildman–Crippen MR) is 84.8 cm³/mol. The topological polar surface area (TPSA) is 12.0 Å². The molecule has 1 aromatic heterocycles. The van der Waals surface area contributed by atoms with E-state index in [0.717, 1.165) is 37.9 Å². The van der Waals surface area contributed by atoms with Gasteiger partial charge in [-0.1, -0.05) is 19.1 Å². The van der Waals surface area contributed by atoms with Crippen molar-refractivity contribution in [2.45, 2.75) is 26.2 Å². The Bertz CT molecular complexity index is 495. The van der Waals surface area contributed by atoms with Gasteiger partial charge in [0.25, 0.3) is 0 Å². The Morgan fingerprint density at radius 2 is 2.15 bits per heavy atom. The van der Waals surface area contributed by atoms with Gasteiger partial charge in [0, 0.05) is 0 Å². The van der Waals surface area contributed by atoms with E-state index < -0.39 is 0 Å². The first-order chi connectivity index (χ1) is 9.78. The van der Waals surface area contributed by atoms with Crippen molar-refractivity contribution in [3.05, 3.63) is 58.0 Å². The molecule has 0 fully saturated rings. The molecular weight excluding hydrogens is 269 g/mol. The van der Waals surface area contributed by atoms with Gasteiger partial charge < -0.3 is 5.32 Å². The Balaban J connectivity index is 1.92. The molecule has 1 nitrogen and oxygen atoms in total. The normalized spacial score (nSPS) is 12.5. The summed E-state index contributed by atoms with van der Waals surface area (Å²) in [4.78, 5) is 0. The van der Waals surface area contributed by atoms with Crippen molar-refractivity contribution >= 4 is 11.3 Å². The van der Waals surface area contributed by atoms with Crippen LogP contribution in [0.3, 0.4) is 0 Å². The SMILES string of the molecule is CCNCC(CCc1ccsc1)Cc1cccc(F)c1. The van der Waals surface area contributed by atoms with Crippen LogP contribution in [0.15, 0.2) is 41.1 Å². The molecule has 108 valence electrons. The molecule has 1 heterocycles. The van der Waals surface area contributed by atoms with Crippen molar-refractivity contribution in [2.75, 3.05) is 13.1 Å². The third-order valence-corrected chi connectivity index (χ3v) is 4.25. The fraction of sp³-hybridized carbons (Fsp3) is 0.412. The van der Waals surface area contributed by atoms with E-state index in [2.05, 4.69) is 29.1 Å². The molecule has 0 aliphatic rings. The standard InChI is InChI=1S/C17H22FNS/c1-2-19-12-16(7-6-14-8-9-20-13-14)10-15-4-3-5-17(18)11-15/h3-5,8-9,11,13,16,19H,2,6-7,10,12H2,1H3. The molecule has 0 spiro atoms. The van der Waals surface area contributed by atoms with Gasteiger partial charge in [-0.3, -0.25) is 0 Å². The molecule has 0 amide bonds. The van der Waals surface area contributed by atoms with Gasteiger partial charge in [0.2, 0.25) is 0 Å². The minimum Gasteiger partial charge on any atom is -0.317 e. The number of hydrogen-bond acceptors (Lipinski definition) is 2. The summed E-state index contributed by atoms with van der Waals surface area (Å²) in [5.74, 6) is 0.416. The van der Waals surface area contributed by atoms with Crippen LogP contribution in [0.5, 0.6) is 0 Å². The van der Waals surface area contributed by atoms with E-state index >= 15 is 0 Å². The Hall–Kier alpha value is -1.19. The van der Waals surface area contributed by atoms with Crippen LogP contribution in [0.2, 0.25) is 0 Å². The second kappa shape index (κ2) is 8.18. The molecule has 2 aromatic rings. The fourth-order valence-corrected chi connectivity index (χ4v) is 3.13. The first-order valence-corrected chi connectivity index (χ1v) is 8.18. The number of rotatable bonds is 8. The van der Waals surface area contributed by atoms with E-state index in [9.17, 15) is 4.39 Å². The Labute approximate surface area is 124 Å². The molecule has 0 saturated heterocycles. The largest absolute Gasteiger partial charge is 0.317 e. The lowest BCUT2D eigenvalue weighted by Gasteiger charge is -2.17. The van der Waals surface area contributed by atoms with Crippen LogP contribution in [-0.4, -0.2) is 13.1 Å². The highest BCUT2D eigenvalue weighted by molar-refractivity contribution is 7.07. The zero-order valence-electron chi connectivity index (χ0n) is 11.9. The predicted octanol–water partition coefficient (Wildman–Crippen LogP) is 4.29. The van der Waals surface area contributed by atoms with Gasteiger partial charge in [-0.25, -0.2) is 4.39 Å². The fourth-order valence-electron chi connectivity index (χ4n) is 2.43. The molecule has 0 aliphatic heterocycles. The number of hydrogen-bond donors (Lipinski definition) is 1. The maximum atomic E-state index is 13.3. The summed E-state index contributed by atoms with van der Waals surface area (Å²) in [6.45, 7) is 4.10. The van der Waals surface area contributed by atoms with Crippen molar-refractivity contribution in [3.63, 3.8) is 0 Å². The van der Waals surface area contributed by atoms with Gasteiger partial charge in [-0.15, -0.1) is 0 Å². The molecule has 3 heteroatoms. The summed E-state index contributed by atoms with van der Waals surface area (Å²) in [6, 6.07) is 9.18.